The predicted octanol–water partition coefficient (Wildman–Crippen LogP) is 2.77. The van der Waals surface area contributed by atoms with E-state index in [1.807, 2.05) is 0 Å². The standard InChI is InChI=1S/C9H6ClF3O4S/c1-5(14)6-2-3-8(7(10)4-6)17-18(15,16)9(11,12)13/h2-4H,1H3. The van der Waals surface area contributed by atoms with Crippen LogP contribution in [-0.4, -0.2) is 19.7 Å². The fraction of sp³-hybridized carbons (Fsp3) is 0.222. The van der Waals surface area contributed by atoms with E-state index in [0.717, 1.165) is 18.2 Å². The van der Waals surface area contributed by atoms with Gasteiger partial charge in [-0.1, -0.05) is 11.6 Å². The van der Waals surface area contributed by atoms with Gasteiger partial charge < -0.3 is 4.18 Å². The lowest BCUT2D eigenvalue weighted by Gasteiger charge is -2.10. The zero-order valence-electron chi connectivity index (χ0n) is 8.79. The lowest BCUT2D eigenvalue weighted by Crippen LogP contribution is -2.28. The second kappa shape index (κ2) is 4.77. The van der Waals surface area contributed by atoms with Crippen LogP contribution in [0.15, 0.2) is 18.2 Å². The highest BCUT2D eigenvalue weighted by Crippen LogP contribution is 2.31. The molecule has 0 aliphatic rings. The van der Waals surface area contributed by atoms with Gasteiger partial charge >= 0.3 is 15.6 Å². The Morgan fingerprint density at radius 3 is 2.28 bits per heavy atom. The Kier molecular flexibility index (Phi) is 3.92. The summed E-state index contributed by atoms with van der Waals surface area (Å²) in [5, 5.41) is -0.407. The molecular weight excluding hydrogens is 297 g/mol. The van der Waals surface area contributed by atoms with E-state index < -0.39 is 26.4 Å². The Labute approximate surface area is 105 Å². The average molecular weight is 303 g/mol. The molecule has 0 aliphatic carbocycles. The van der Waals surface area contributed by atoms with Gasteiger partial charge in [0.1, 0.15) is 0 Å². The van der Waals surface area contributed by atoms with Crippen LogP contribution in [0.1, 0.15) is 17.3 Å². The molecule has 0 N–H and O–H groups in total. The minimum absolute atomic E-state index is 0.122. The molecule has 0 bridgehead atoms. The van der Waals surface area contributed by atoms with Crippen LogP contribution >= 0.6 is 11.6 Å². The number of halogens is 4. The van der Waals surface area contributed by atoms with Crippen molar-refractivity contribution in [1.82, 2.24) is 0 Å². The van der Waals surface area contributed by atoms with Crippen molar-refractivity contribution in [3.05, 3.63) is 28.8 Å². The maximum Gasteiger partial charge on any atom is 0.534 e. The van der Waals surface area contributed by atoms with Gasteiger partial charge in [0, 0.05) is 5.56 Å². The maximum absolute atomic E-state index is 12.0. The summed E-state index contributed by atoms with van der Waals surface area (Å²) in [6.07, 6.45) is 0. The van der Waals surface area contributed by atoms with E-state index in [1.165, 1.54) is 6.92 Å². The molecule has 0 saturated carbocycles. The molecule has 1 aromatic rings. The lowest BCUT2D eigenvalue weighted by molar-refractivity contribution is -0.0500. The summed E-state index contributed by atoms with van der Waals surface area (Å²) in [6.45, 7) is 1.22. The number of carbonyl (C=O) groups is 1. The fourth-order valence-corrected chi connectivity index (χ4v) is 1.69. The topological polar surface area (TPSA) is 60.4 Å². The van der Waals surface area contributed by atoms with E-state index in [1.54, 1.807) is 0 Å². The molecule has 1 aromatic carbocycles. The molecule has 0 spiro atoms. The van der Waals surface area contributed by atoms with Crippen molar-refractivity contribution in [3.63, 3.8) is 0 Å². The molecule has 0 radical (unpaired) electrons. The van der Waals surface area contributed by atoms with Gasteiger partial charge in [0.15, 0.2) is 11.5 Å². The molecule has 0 fully saturated rings. The van der Waals surface area contributed by atoms with E-state index in [-0.39, 0.29) is 11.3 Å². The number of carbonyl (C=O) groups excluding carboxylic acids is 1. The monoisotopic (exact) mass is 302 g/mol. The minimum Gasteiger partial charge on any atom is -0.374 e. The van der Waals surface area contributed by atoms with Crippen LogP contribution in [0.3, 0.4) is 0 Å². The average Bonchev–Trinajstić information content (AvgIpc) is 2.18. The van der Waals surface area contributed by atoms with Crippen LogP contribution in [0.5, 0.6) is 5.75 Å². The third kappa shape index (κ3) is 3.14. The first-order valence-corrected chi connectivity index (χ1v) is 6.14. The molecule has 0 saturated heterocycles. The Bertz CT molecular complexity index is 580. The minimum atomic E-state index is -5.78. The molecule has 0 heterocycles. The summed E-state index contributed by atoms with van der Waals surface area (Å²) in [6, 6.07) is 3.00. The first-order chi connectivity index (χ1) is 8.04. The molecule has 4 nitrogen and oxygen atoms in total. The van der Waals surface area contributed by atoms with Crippen molar-refractivity contribution >= 4 is 27.5 Å². The first kappa shape index (κ1) is 14.8. The van der Waals surface area contributed by atoms with Gasteiger partial charge in [-0.2, -0.15) is 21.6 Å². The van der Waals surface area contributed by atoms with Crippen molar-refractivity contribution in [3.8, 4) is 5.75 Å². The van der Waals surface area contributed by atoms with E-state index in [4.69, 9.17) is 11.6 Å². The second-order valence-corrected chi connectivity index (χ2v) is 5.13. The van der Waals surface area contributed by atoms with E-state index in [9.17, 15) is 26.4 Å². The maximum atomic E-state index is 12.0. The van der Waals surface area contributed by atoms with Gasteiger partial charge in [-0.05, 0) is 25.1 Å². The Morgan fingerprint density at radius 2 is 1.89 bits per heavy atom. The van der Waals surface area contributed by atoms with E-state index >= 15 is 0 Å². The van der Waals surface area contributed by atoms with Gasteiger partial charge in [-0.15, -0.1) is 0 Å². The van der Waals surface area contributed by atoms with Crippen molar-refractivity contribution in [2.24, 2.45) is 0 Å². The normalized spacial score (nSPS) is 12.3. The van der Waals surface area contributed by atoms with Crippen LogP contribution in [0.2, 0.25) is 5.02 Å². The van der Waals surface area contributed by atoms with Crippen LogP contribution in [0.25, 0.3) is 0 Å². The summed E-state index contributed by atoms with van der Waals surface area (Å²) in [5.41, 5.74) is -5.42. The summed E-state index contributed by atoms with van der Waals surface area (Å²) < 4.78 is 61.4. The molecule has 1 rings (SSSR count). The highest BCUT2D eigenvalue weighted by atomic mass is 35.5. The summed E-state index contributed by atoms with van der Waals surface area (Å²) in [4.78, 5) is 11.0. The van der Waals surface area contributed by atoms with Crippen molar-refractivity contribution in [2.45, 2.75) is 12.4 Å². The number of hydrogen-bond donors (Lipinski definition) is 0. The molecule has 0 amide bonds. The van der Waals surface area contributed by atoms with E-state index in [0.29, 0.717) is 0 Å². The summed E-state index contributed by atoms with van der Waals surface area (Å²) in [5.74, 6) is -1.07. The first-order valence-electron chi connectivity index (χ1n) is 4.36. The summed E-state index contributed by atoms with van der Waals surface area (Å²) >= 11 is 5.52. The zero-order chi connectivity index (χ0) is 14.1. The lowest BCUT2D eigenvalue weighted by atomic mass is 10.1. The number of hydrogen-bond acceptors (Lipinski definition) is 4. The molecule has 9 heteroatoms. The Hall–Kier alpha value is -1.28. The van der Waals surface area contributed by atoms with Crippen LogP contribution in [-0.2, 0) is 10.1 Å². The molecule has 0 unspecified atom stereocenters. The highest BCUT2D eigenvalue weighted by Gasteiger charge is 2.48. The van der Waals surface area contributed by atoms with Crippen molar-refractivity contribution < 1.29 is 30.6 Å². The number of ketones is 1. The van der Waals surface area contributed by atoms with Crippen LogP contribution in [0, 0.1) is 0 Å². The predicted molar refractivity (Wildman–Crippen MR) is 57.1 cm³/mol. The molecule has 100 valence electrons. The Balaban J connectivity index is 3.11. The van der Waals surface area contributed by atoms with Gasteiger partial charge in [0.2, 0.25) is 0 Å². The fourth-order valence-electron chi connectivity index (χ4n) is 0.953. The van der Waals surface area contributed by atoms with Crippen molar-refractivity contribution in [1.29, 1.82) is 0 Å². The van der Waals surface area contributed by atoms with Crippen molar-refractivity contribution in [2.75, 3.05) is 0 Å². The SMILES string of the molecule is CC(=O)c1ccc(OS(=O)(=O)C(F)(F)F)c(Cl)c1. The largest absolute Gasteiger partial charge is 0.534 e. The number of rotatable bonds is 3. The highest BCUT2D eigenvalue weighted by molar-refractivity contribution is 7.88. The smallest absolute Gasteiger partial charge is 0.374 e. The van der Waals surface area contributed by atoms with E-state index in [2.05, 4.69) is 4.18 Å². The van der Waals surface area contributed by atoms with Crippen LogP contribution < -0.4 is 4.18 Å². The van der Waals surface area contributed by atoms with Gasteiger partial charge in [-0.3, -0.25) is 4.79 Å². The molecule has 0 aliphatic heterocycles. The number of alkyl halides is 3. The van der Waals surface area contributed by atoms with Crippen LogP contribution in [0.4, 0.5) is 13.2 Å². The third-order valence-electron chi connectivity index (χ3n) is 1.82. The number of Topliss-reactive ketones (excluding diaryl/α,β-unsaturated/α-hetero) is 1. The molecule has 0 atom stereocenters. The second-order valence-electron chi connectivity index (χ2n) is 3.18. The zero-order valence-corrected chi connectivity index (χ0v) is 10.4. The quantitative estimate of drug-likeness (QED) is 0.489. The van der Waals surface area contributed by atoms with Gasteiger partial charge in [0.05, 0.1) is 5.02 Å². The number of benzene rings is 1. The Morgan fingerprint density at radius 1 is 1.33 bits per heavy atom. The summed E-state index contributed by atoms with van der Waals surface area (Å²) in [7, 11) is -5.78. The van der Waals surface area contributed by atoms with Gasteiger partial charge in [0.25, 0.3) is 0 Å². The third-order valence-corrected chi connectivity index (χ3v) is 3.08. The molecule has 18 heavy (non-hydrogen) atoms. The van der Waals surface area contributed by atoms with Gasteiger partial charge in [-0.25, -0.2) is 0 Å². The molecular formula is C9H6ClF3O4S. The molecule has 0 aromatic heterocycles.